The van der Waals surface area contributed by atoms with Crippen LogP contribution in [0.1, 0.15) is 36.1 Å². The fraction of sp³-hybridized carbons (Fsp3) is 0.455. The molecule has 1 unspecified atom stereocenters. The molecule has 0 aromatic heterocycles. The third kappa shape index (κ3) is 1.86. The average Bonchev–Trinajstić information content (AvgIpc) is 2.03. The Balaban J connectivity index is 3.01. The van der Waals surface area contributed by atoms with Gasteiger partial charge in [0.05, 0.1) is 0 Å². The second kappa shape index (κ2) is 3.72. The van der Waals surface area contributed by atoms with Crippen molar-refractivity contribution < 1.29 is 0 Å². The van der Waals surface area contributed by atoms with E-state index in [1.54, 1.807) is 0 Å². The standard InChI is InChI=1S/C11H17N/c1-4-11(12)10-6-5-8(2)7-9(10)3/h5-7,11H,4,12H2,1-3H3. The van der Waals surface area contributed by atoms with Gasteiger partial charge in [0.2, 0.25) is 0 Å². The number of hydrogen-bond donors (Lipinski definition) is 1. The van der Waals surface area contributed by atoms with Gasteiger partial charge in [-0.25, -0.2) is 0 Å². The Labute approximate surface area is 74.6 Å². The van der Waals surface area contributed by atoms with Crippen molar-refractivity contribution in [1.29, 1.82) is 0 Å². The number of aryl methyl sites for hydroxylation is 2. The molecule has 1 rings (SSSR count). The third-order valence-corrected chi connectivity index (χ3v) is 2.26. The summed E-state index contributed by atoms with van der Waals surface area (Å²) in [5, 5.41) is 0. The molecule has 0 radical (unpaired) electrons. The predicted octanol–water partition coefficient (Wildman–Crippen LogP) is 2.71. The minimum absolute atomic E-state index is 0.200. The topological polar surface area (TPSA) is 26.0 Å². The van der Waals surface area contributed by atoms with E-state index in [1.165, 1.54) is 16.7 Å². The molecule has 1 aromatic carbocycles. The van der Waals surface area contributed by atoms with E-state index in [0.717, 1.165) is 6.42 Å². The zero-order valence-electron chi connectivity index (χ0n) is 8.09. The van der Waals surface area contributed by atoms with Gasteiger partial charge in [-0.15, -0.1) is 0 Å². The van der Waals surface area contributed by atoms with Gasteiger partial charge in [-0.1, -0.05) is 30.7 Å². The van der Waals surface area contributed by atoms with Crippen LogP contribution < -0.4 is 5.73 Å². The molecule has 0 amide bonds. The van der Waals surface area contributed by atoms with Crippen LogP contribution in [0.5, 0.6) is 0 Å². The van der Waals surface area contributed by atoms with Crippen molar-refractivity contribution in [2.45, 2.75) is 33.2 Å². The van der Waals surface area contributed by atoms with Crippen LogP contribution >= 0.6 is 0 Å². The Morgan fingerprint density at radius 2 is 2.00 bits per heavy atom. The highest BCUT2D eigenvalue weighted by Gasteiger charge is 2.05. The summed E-state index contributed by atoms with van der Waals surface area (Å²) >= 11 is 0. The van der Waals surface area contributed by atoms with E-state index in [1.807, 2.05) is 0 Å². The van der Waals surface area contributed by atoms with Crippen LogP contribution in [0.2, 0.25) is 0 Å². The Morgan fingerprint density at radius 3 is 2.50 bits per heavy atom. The quantitative estimate of drug-likeness (QED) is 0.712. The van der Waals surface area contributed by atoms with Gasteiger partial charge in [0.1, 0.15) is 0 Å². The molecule has 66 valence electrons. The maximum atomic E-state index is 5.95. The zero-order chi connectivity index (χ0) is 9.14. The number of rotatable bonds is 2. The Hall–Kier alpha value is -0.820. The highest BCUT2D eigenvalue weighted by molar-refractivity contribution is 5.32. The highest BCUT2D eigenvalue weighted by Crippen LogP contribution is 2.18. The van der Waals surface area contributed by atoms with Crippen LogP contribution in [0.25, 0.3) is 0 Å². The van der Waals surface area contributed by atoms with Gasteiger partial charge in [0, 0.05) is 6.04 Å². The van der Waals surface area contributed by atoms with Gasteiger partial charge >= 0.3 is 0 Å². The number of hydrogen-bond acceptors (Lipinski definition) is 1. The second-order valence-electron chi connectivity index (χ2n) is 3.37. The molecule has 2 N–H and O–H groups in total. The van der Waals surface area contributed by atoms with Gasteiger partial charge in [0.15, 0.2) is 0 Å². The van der Waals surface area contributed by atoms with E-state index in [2.05, 4.69) is 39.0 Å². The molecule has 0 saturated heterocycles. The largest absolute Gasteiger partial charge is 0.324 e. The number of benzene rings is 1. The lowest BCUT2D eigenvalue weighted by Crippen LogP contribution is -2.10. The van der Waals surface area contributed by atoms with Crippen LogP contribution in [-0.4, -0.2) is 0 Å². The SMILES string of the molecule is CCC(N)c1ccc(C)cc1C. The molecule has 0 aliphatic carbocycles. The van der Waals surface area contributed by atoms with Crippen LogP contribution in [0.3, 0.4) is 0 Å². The smallest absolute Gasteiger partial charge is 0.0294 e. The molecule has 0 spiro atoms. The molecule has 0 aliphatic heterocycles. The van der Waals surface area contributed by atoms with Crippen molar-refractivity contribution in [2.24, 2.45) is 5.73 Å². The molecule has 0 saturated carbocycles. The molecule has 0 fully saturated rings. The van der Waals surface area contributed by atoms with E-state index in [9.17, 15) is 0 Å². The van der Waals surface area contributed by atoms with E-state index < -0.39 is 0 Å². The van der Waals surface area contributed by atoms with Crippen LogP contribution in [0.15, 0.2) is 18.2 Å². The summed E-state index contributed by atoms with van der Waals surface area (Å²) in [7, 11) is 0. The second-order valence-corrected chi connectivity index (χ2v) is 3.37. The Kier molecular flexibility index (Phi) is 2.88. The third-order valence-electron chi connectivity index (χ3n) is 2.26. The molecule has 1 atom stereocenters. The zero-order valence-corrected chi connectivity index (χ0v) is 8.09. The molecule has 12 heavy (non-hydrogen) atoms. The van der Waals surface area contributed by atoms with Crippen molar-refractivity contribution >= 4 is 0 Å². The molecular weight excluding hydrogens is 146 g/mol. The minimum atomic E-state index is 0.200. The van der Waals surface area contributed by atoms with Gasteiger partial charge in [0.25, 0.3) is 0 Å². The first-order chi connectivity index (χ1) is 5.65. The lowest BCUT2D eigenvalue weighted by molar-refractivity contribution is 0.693. The molecule has 1 aromatic rings. The first-order valence-corrected chi connectivity index (χ1v) is 4.48. The van der Waals surface area contributed by atoms with Crippen LogP contribution in [-0.2, 0) is 0 Å². The highest BCUT2D eigenvalue weighted by atomic mass is 14.6. The summed E-state index contributed by atoms with van der Waals surface area (Å²) in [4.78, 5) is 0. The lowest BCUT2D eigenvalue weighted by Gasteiger charge is -2.12. The Morgan fingerprint density at radius 1 is 1.33 bits per heavy atom. The van der Waals surface area contributed by atoms with Crippen molar-refractivity contribution in [3.8, 4) is 0 Å². The molecular formula is C11H17N. The summed E-state index contributed by atoms with van der Waals surface area (Å²) in [6.07, 6.45) is 1.00. The van der Waals surface area contributed by atoms with Crippen molar-refractivity contribution in [3.05, 3.63) is 34.9 Å². The van der Waals surface area contributed by atoms with E-state index >= 15 is 0 Å². The minimum Gasteiger partial charge on any atom is -0.324 e. The van der Waals surface area contributed by atoms with E-state index in [4.69, 9.17) is 5.73 Å². The fourth-order valence-corrected chi connectivity index (χ4v) is 1.46. The maximum Gasteiger partial charge on any atom is 0.0294 e. The van der Waals surface area contributed by atoms with Crippen LogP contribution in [0.4, 0.5) is 0 Å². The van der Waals surface area contributed by atoms with E-state index in [-0.39, 0.29) is 6.04 Å². The fourth-order valence-electron chi connectivity index (χ4n) is 1.46. The summed E-state index contributed by atoms with van der Waals surface area (Å²) in [5.41, 5.74) is 9.84. The van der Waals surface area contributed by atoms with Crippen molar-refractivity contribution in [3.63, 3.8) is 0 Å². The maximum absolute atomic E-state index is 5.95. The molecule has 0 heterocycles. The summed E-state index contributed by atoms with van der Waals surface area (Å²) in [5.74, 6) is 0. The predicted molar refractivity (Wildman–Crippen MR) is 53.1 cm³/mol. The van der Waals surface area contributed by atoms with Crippen LogP contribution in [0, 0.1) is 13.8 Å². The van der Waals surface area contributed by atoms with Crippen molar-refractivity contribution in [2.75, 3.05) is 0 Å². The first kappa shape index (κ1) is 9.27. The molecule has 1 heteroatoms. The lowest BCUT2D eigenvalue weighted by atomic mass is 9.98. The molecule has 0 aliphatic rings. The number of nitrogens with two attached hydrogens (primary N) is 1. The average molecular weight is 163 g/mol. The Bertz CT molecular complexity index is 266. The normalized spacial score (nSPS) is 13.0. The summed E-state index contributed by atoms with van der Waals surface area (Å²) in [6, 6.07) is 6.65. The molecule has 0 bridgehead atoms. The van der Waals surface area contributed by atoms with Gasteiger partial charge in [-0.05, 0) is 31.4 Å². The van der Waals surface area contributed by atoms with Gasteiger partial charge < -0.3 is 5.73 Å². The summed E-state index contributed by atoms with van der Waals surface area (Å²) < 4.78 is 0. The van der Waals surface area contributed by atoms with Gasteiger partial charge in [-0.3, -0.25) is 0 Å². The summed E-state index contributed by atoms with van der Waals surface area (Å²) in [6.45, 7) is 6.34. The van der Waals surface area contributed by atoms with Crippen molar-refractivity contribution in [1.82, 2.24) is 0 Å². The van der Waals surface area contributed by atoms with E-state index in [0.29, 0.717) is 0 Å². The first-order valence-electron chi connectivity index (χ1n) is 4.48. The van der Waals surface area contributed by atoms with Gasteiger partial charge in [-0.2, -0.15) is 0 Å². The monoisotopic (exact) mass is 163 g/mol. The molecule has 1 nitrogen and oxygen atoms in total.